The van der Waals surface area contributed by atoms with E-state index in [1.165, 1.54) is 0 Å². The summed E-state index contributed by atoms with van der Waals surface area (Å²) in [6.07, 6.45) is 6.51. The lowest BCUT2D eigenvalue weighted by molar-refractivity contribution is -0.115. The molecule has 0 spiro atoms. The summed E-state index contributed by atoms with van der Waals surface area (Å²) in [6, 6.07) is 14.9. The zero-order valence-corrected chi connectivity index (χ0v) is 27.1. The second-order valence-electron chi connectivity index (χ2n) is 9.35. The van der Waals surface area contributed by atoms with Crippen LogP contribution < -0.4 is 39.5 Å². The summed E-state index contributed by atoms with van der Waals surface area (Å²) in [7, 11) is 2.15. The Morgan fingerprint density at radius 3 is 2.35 bits per heavy atom. The molecule has 0 fully saturated rings. The monoisotopic (exact) mass is 714 g/mol. The number of carbonyl (C=O) groups is 2. The van der Waals surface area contributed by atoms with Gasteiger partial charge in [-0.3, -0.25) is 9.59 Å². The van der Waals surface area contributed by atoms with Gasteiger partial charge in [0.2, 0.25) is 5.91 Å². The Morgan fingerprint density at radius 2 is 1.70 bits per heavy atom. The maximum absolute atomic E-state index is 13.0. The van der Waals surface area contributed by atoms with Crippen molar-refractivity contribution in [3.05, 3.63) is 60.3 Å². The number of aryl methyl sites for hydroxylation is 1. The normalized spacial score (nSPS) is 10.9. The van der Waals surface area contributed by atoms with Crippen molar-refractivity contribution in [1.29, 1.82) is 0 Å². The van der Waals surface area contributed by atoms with E-state index in [1.54, 1.807) is 18.3 Å². The third-order valence-corrected chi connectivity index (χ3v) is 7.65. The summed E-state index contributed by atoms with van der Waals surface area (Å²) >= 11 is 11.8. The maximum atomic E-state index is 13.0. The number of benzene rings is 2. The number of H-pyrrole nitrogens is 1. The maximum Gasteiger partial charge on any atom is 0.255 e. The van der Waals surface area contributed by atoms with E-state index < -0.39 is 0 Å². The number of alkyl halides is 2. The molecule has 2 amide bonds. The molecule has 3 N–H and O–H groups in total. The van der Waals surface area contributed by atoms with Gasteiger partial charge in [0.1, 0.15) is 5.75 Å². The highest BCUT2D eigenvalue weighted by molar-refractivity contribution is 7.95. The molecular weight excluding hydrogens is 682 g/mol. The van der Waals surface area contributed by atoms with Gasteiger partial charge in [-0.15, -0.1) is 23.2 Å². The topological polar surface area (TPSA) is 95.0 Å². The first-order chi connectivity index (χ1) is 18.8. The summed E-state index contributed by atoms with van der Waals surface area (Å²) in [6.45, 7) is 1.39. The Kier molecular flexibility index (Phi) is 12.0. The van der Waals surface area contributed by atoms with Gasteiger partial charge in [0, 0.05) is 55.0 Å². The molecule has 0 unspecified atom stereocenters. The Hall–Kier alpha value is -2.41. The molecule has 0 atom stereocenters. The molecule has 0 aliphatic carbocycles. The third-order valence-electron chi connectivity index (χ3n) is 6.29. The molecule has 0 aliphatic heterocycles. The van der Waals surface area contributed by atoms with Crippen LogP contribution in [-0.4, -0.2) is 69.5 Å². The molecule has 4 rings (SSSR count). The van der Waals surface area contributed by atoms with E-state index in [0.717, 1.165) is 22.7 Å². The van der Waals surface area contributed by atoms with Crippen LogP contribution in [0.2, 0.25) is 0 Å². The fourth-order valence-electron chi connectivity index (χ4n) is 4.23. The number of fused-ring (bicyclic) bond motifs is 1. The SMILES string of the molecule is Cn1c(-c2cc(NC(=O)CC[S+](C)C)c[nH]2)nc2cc(C(=O)Nc3ccc(N(CCCl)CCCl)cc3)ccc21.[I-]. The van der Waals surface area contributed by atoms with Crippen LogP contribution in [0.25, 0.3) is 22.6 Å². The second kappa shape index (κ2) is 15.0. The van der Waals surface area contributed by atoms with Crippen molar-refractivity contribution in [3.63, 3.8) is 0 Å². The molecule has 214 valence electrons. The molecule has 0 saturated carbocycles. The minimum Gasteiger partial charge on any atom is -1.00 e. The van der Waals surface area contributed by atoms with Gasteiger partial charge >= 0.3 is 0 Å². The van der Waals surface area contributed by atoms with Gasteiger partial charge in [-0.05, 0) is 59.4 Å². The molecule has 0 saturated heterocycles. The third kappa shape index (κ3) is 8.08. The van der Waals surface area contributed by atoms with E-state index in [0.29, 0.717) is 59.5 Å². The molecule has 4 aromatic rings. The number of anilines is 3. The van der Waals surface area contributed by atoms with Gasteiger partial charge in [0.25, 0.3) is 5.91 Å². The van der Waals surface area contributed by atoms with Crippen molar-refractivity contribution < 1.29 is 33.6 Å². The highest BCUT2D eigenvalue weighted by Crippen LogP contribution is 2.26. The van der Waals surface area contributed by atoms with Crippen molar-refractivity contribution in [2.75, 3.05) is 58.6 Å². The molecule has 40 heavy (non-hydrogen) atoms. The van der Waals surface area contributed by atoms with Gasteiger partial charge in [-0.25, -0.2) is 4.98 Å². The van der Waals surface area contributed by atoms with Gasteiger partial charge in [0.05, 0.1) is 41.3 Å². The molecule has 0 bridgehead atoms. The number of nitrogens with one attached hydrogen (secondary N) is 3. The van der Waals surface area contributed by atoms with Gasteiger partial charge in [-0.1, -0.05) is 0 Å². The molecule has 2 aromatic carbocycles. The van der Waals surface area contributed by atoms with Crippen molar-refractivity contribution in [2.24, 2.45) is 7.05 Å². The number of halogens is 3. The number of nitrogens with zero attached hydrogens (tertiary/aromatic N) is 3. The number of imidazole rings is 1. The lowest BCUT2D eigenvalue weighted by atomic mass is 10.1. The Balaban J connectivity index is 0.00000441. The van der Waals surface area contributed by atoms with Gasteiger partial charge < -0.3 is 49.1 Å². The molecule has 12 heteroatoms. The fraction of sp³-hybridized carbons (Fsp3) is 0.321. The lowest BCUT2D eigenvalue weighted by Gasteiger charge is -2.23. The van der Waals surface area contributed by atoms with E-state index in [2.05, 4.69) is 33.0 Å². The Bertz CT molecular complexity index is 1430. The van der Waals surface area contributed by atoms with Crippen LogP contribution in [0.3, 0.4) is 0 Å². The minimum absolute atomic E-state index is 0. The van der Waals surface area contributed by atoms with Crippen molar-refractivity contribution in [3.8, 4) is 11.5 Å². The summed E-state index contributed by atoms with van der Waals surface area (Å²) in [5, 5.41) is 5.89. The van der Waals surface area contributed by atoms with Crippen LogP contribution >= 0.6 is 23.2 Å². The zero-order chi connectivity index (χ0) is 27.9. The van der Waals surface area contributed by atoms with E-state index in [9.17, 15) is 9.59 Å². The number of rotatable bonds is 12. The lowest BCUT2D eigenvalue weighted by Crippen LogP contribution is -3.00. The smallest absolute Gasteiger partial charge is 0.255 e. The van der Waals surface area contributed by atoms with Crippen LogP contribution in [-0.2, 0) is 22.7 Å². The Morgan fingerprint density at radius 1 is 1.00 bits per heavy atom. The van der Waals surface area contributed by atoms with Gasteiger partial charge in [0.15, 0.2) is 5.82 Å². The van der Waals surface area contributed by atoms with Gasteiger partial charge in [-0.2, -0.15) is 0 Å². The molecular formula is C28H33Cl2IN6O2S. The number of amides is 2. The molecule has 2 heterocycles. The van der Waals surface area contributed by atoms with Crippen LogP contribution in [0.15, 0.2) is 54.7 Å². The number of hydrogen-bond acceptors (Lipinski definition) is 4. The highest BCUT2D eigenvalue weighted by Gasteiger charge is 2.16. The van der Waals surface area contributed by atoms with E-state index in [4.69, 9.17) is 28.2 Å². The minimum atomic E-state index is -0.220. The van der Waals surface area contributed by atoms with Crippen LogP contribution in [0, 0.1) is 0 Å². The molecule has 0 radical (unpaired) electrons. The first kappa shape index (κ1) is 32.1. The standard InChI is InChI=1S/C28H32Cl2N6O2S.HI/c1-35-25-9-4-19(28(38)33-20-5-7-22(8-6-20)36(13-11-29)14-12-30)16-23(25)34-27(35)24-17-21(18-31-24)32-26(37)10-15-39(2)3;/h4-9,16-18H,10-15H2,1-3H3,(H2-,31,32,33,34,37,38);1H. The van der Waals surface area contributed by atoms with E-state index >= 15 is 0 Å². The zero-order valence-electron chi connectivity index (χ0n) is 22.6. The summed E-state index contributed by atoms with van der Waals surface area (Å²) in [5.74, 6) is 2.38. The largest absolute Gasteiger partial charge is 1.00 e. The average molecular weight is 715 g/mol. The Labute approximate surface area is 264 Å². The van der Waals surface area contributed by atoms with E-state index in [1.807, 2.05) is 48.0 Å². The van der Waals surface area contributed by atoms with Crippen molar-refractivity contribution in [1.82, 2.24) is 14.5 Å². The van der Waals surface area contributed by atoms with Crippen LogP contribution in [0.4, 0.5) is 17.1 Å². The predicted octanol–water partition coefficient (Wildman–Crippen LogP) is 2.32. The summed E-state index contributed by atoms with van der Waals surface area (Å²) in [4.78, 5) is 35.3. The number of carbonyl (C=O) groups excluding carboxylic acids is 2. The number of aromatic nitrogens is 3. The quantitative estimate of drug-likeness (QED) is 0.119. The second-order valence-corrected chi connectivity index (χ2v) is 12.5. The fourth-order valence-corrected chi connectivity index (χ4v) is 5.23. The van der Waals surface area contributed by atoms with Crippen molar-refractivity contribution in [2.45, 2.75) is 6.42 Å². The van der Waals surface area contributed by atoms with Crippen molar-refractivity contribution >= 4 is 74.0 Å². The summed E-state index contributed by atoms with van der Waals surface area (Å²) in [5.41, 5.74) is 5.27. The van der Waals surface area contributed by atoms with Crippen LogP contribution in [0.5, 0.6) is 0 Å². The highest BCUT2D eigenvalue weighted by atomic mass is 127. The molecule has 0 aliphatic rings. The van der Waals surface area contributed by atoms with Crippen LogP contribution in [0.1, 0.15) is 16.8 Å². The molecule has 2 aromatic heterocycles. The average Bonchev–Trinajstić information content (AvgIpc) is 3.51. The first-order valence-corrected chi connectivity index (χ1v) is 15.8. The number of aromatic amines is 1. The molecule has 8 nitrogen and oxygen atoms in total. The summed E-state index contributed by atoms with van der Waals surface area (Å²) < 4.78 is 1.96. The predicted molar refractivity (Wildman–Crippen MR) is 166 cm³/mol. The van der Waals surface area contributed by atoms with E-state index in [-0.39, 0.29) is 46.7 Å². The first-order valence-electron chi connectivity index (χ1n) is 12.6. The number of hydrogen-bond donors (Lipinski definition) is 3.